The van der Waals surface area contributed by atoms with Crippen LogP contribution in [0.1, 0.15) is 22.3 Å². The summed E-state index contributed by atoms with van der Waals surface area (Å²) in [6, 6.07) is 3.34. The number of aromatic hydroxyl groups is 1. The molecule has 0 saturated carbocycles. The molecule has 0 spiro atoms. The van der Waals surface area contributed by atoms with Crippen LogP contribution in [0.3, 0.4) is 0 Å². The average molecular weight is 277 g/mol. The van der Waals surface area contributed by atoms with Crippen molar-refractivity contribution >= 4 is 11.6 Å². The Morgan fingerprint density at radius 1 is 1.50 bits per heavy atom. The topological polar surface area (TPSA) is 104 Å². The molecule has 3 N–H and O–H groups in total. The number of amides is 1. The van der Waals surface area contributed by atoms with Gasteiger partial charge >= 0.3 is 0 Å². The Morgan fingerprint density at radius 2 is 2.25 bits per heavy atom. The van der Waals surface area contributed by atoms with Gasteiger partial charge in [-0.2, -0.15) is 4.98 Å². The Kier molecular flexibility index (Phi) is 3.99. The van der Waals surface area contributed by atoms with Crippen molar-refractivity contribution in [1.29, 1.82) is 0 Å². The highest BCUT2D eigenvalue weighted by Crippen LogP contribution is 2.12. The molecule has 0 saturated heterocycles. The minimum Gasteiger partial charge on any atom is -0.493 e. The van der Waals surface area contributed by atoms with Crippen LogP contribution in [-0.4, -0.2) is 38.7 Å². The van der Waals surface area contributed by atoms with Crippen molar-refractivity contribution in [2.45, 2.75) is 13.3 Å². The summed E-state index contributed by atoms with van der Waals surface area (Å²) < 4.78 is 1.20. The Labute approximate surface area is 114 Å². The maximum absolute atomic E-state index is 12.2. The van der Waals surface area contributed by atoms with E-state index in [0.717, 1.165) is 5.56 Å². The third-order valence-electron chi connectivity index (χ3n) is 2.81. The van der Waals surface area contributed by atoms with E-state index in [4.69, 9.17) is 5.11 Å². The lowest BCUT2D eigenvalue weighted by Crippen LogP contribution is -2.32. The fourth-order valence-corrected chi connectivity index (χ4v) is 1.80. The normalized spacial score (nSPS) is 10.7. The summed E-state index contributed by atoms with van der Waals surface area (Å²) in [7, 11) is 0. The molecule has 20 heavy (non-hydrogen) atoms. The number of aliphatic hydroxyl groups excluding tert-OH is 1. The first-order chi connectivity index (χ1) is 9.54. The SMILES string of the molecule is Cc1ccn2c(=O)c(C(=O)NCCCO)c(O)nc2c1. The number of hydrogen-bond acceptors (Lipinski definition) is 5. The van der Waals surface area contributed by atoms with Crippen molar-refractivity contribution in [3.63, 3.8) is 0 Å². The molecule has 0 aliphatic rings. The number of pyridine rings is 1. The van der Waals surface area contributed by atoms with Crippen LogP contribution in [0.25, 0.3) is 5.65 Å². The van der Waals surface area contributed by atoms with Gasteiger partial charge in [0, 0.05) is 19.3 Å². The number of aliphatic hydroxyl groups is 1. The van der Waals surface area contributed by atoms with Crippen molar-refractivity contribution in [3.05, 3.63) is 39.8 Å². The Morgan fingerprint density at radius 3 is 2.95 bits per heavy atom. The van der Waals surface area contributed by atoms with E-state index in [1.165, 1.54) is 10.6 Å². The number of aryl methyl sites for hydroxylation is 1. The Bertz CT molecular complexity index is 709. The largest absolute Gasteiger partial charge is 0.493 e. The number of nitrogens with one attached hydrogen (secondary N) is 1. The smallest absolute Gasteiger partial charge is 0.274 e. The fraction of sp³-hybridized carbons (Fsp3) is 0.308. The molecule has 0 unspecified atom stereocenters. The second kappa shape index (κ2) is 5.70. The standard InChI is InChI=1S/C13H15N3O4/c1-8-3-5-16-9(7-8)15-12(19)10(13(16)20)11(18)14-4-2-6-17/h3,5,7,17,19H,2,4,6H2,1H3,(H,14,18). The van der Waals surface area contributed by atoms with Crippen molar-refractivity contribution in [3.8, 4) is 5.88 Å². The minimum absolute atomic E-state index is 0.0690. The lowest BCUT2D eigenvalue weighted by Gasteiger charge is -2.07. The Hall–Kier alpha value is -2.41. The van der Waals surface area contributed by atoms with E-state index in [-0.39, 0.29) is 18.8 Å². The molecule has 2 rings (SSSR count). The van der Waals surface area contributed by atoms with Gasteiger partial charge in [-0.25, -0.2) is 0 Å². The monoisotopic (exact) mass is 277 g/mol. The number of carbonyl (C=O) groups excluding carboxylic acids is 1. The lowest BCUT2D eigenvalue weighted by molar-refractivity contribution is 0.0946. The van der Waals surface area contributed by atoms with Gasteiger partial charge in [0.1, 0.15) is 5.65 Å². The van der Waals surface area contributed by atoms with E-state index in [9.17, 15) is 14.7 Å². The van der Waals surface area contributed by atoms with Gasteiger partial charge in [-0.1, -0.05) is 0 Å². The molecule has 106 valence electrons. The Balaban J connectivity index is 2.46. The molecule has 0 fully saturated rings. The first-order valence-electron chi connectivity index (χ1n) is 6.15. The van der Waals surface area contributed by atoms with E-state index < -0.39 is 22.9 Å². The van der Waals surface area contributed by atoms with Gasteiger partial charge in [-0.15, -0.1) is 0 Å². The van der Waals surface area contributed by atoms with Gasteiger partial charge in [0.2, 0.25) is 5.88 Å². The number of carbonyl (C=O) groups is 1. The van der Waals surface area contributed by atoms with Crippen molar-refractivity contribution in [1.82, 2.24) is 14.7 Å². The first kappa shape index (κ1) is 14.0. The van der Waals surface area contributed by atoms with Crippen LogP contribution < -0.4 is 10.9 Å². The summed E-state index contributed by atoms with van der Waals surface area (Å²) in [4.78, 5) is 27.9. The predicted molar refractivity (Wildman–Crippen MR) is 71.9 cm³/mol. The summed E-state index contributed by atoms with van der Waals surface area (Å²) in [5.41, 5.74) is 0.133. The van der Waals surface area contributed by atoms with E-state index in [0.29, 0.717) is 6.42 Å². The molecule has 0 aliphatic heterocycles. The molecule has 0 radical (unpaired) electrons. The first-order valence-corrected chi connectivity index (χ1v) is 6.15. The predicted octanol–water partition coefficient (Wildman–Crippen LogP) is -0.179. The quantitative estimate of drug-likeness (QED) is 0.673. The second-order valence-electron chi connectivity index (χ2n) is 4.38. The van der Waals surface area contributed by atoms with Crippen LogP contribution in [-0.2, 0) is 0 Å². The number of hydrogen-bond donors (Lipinski definition) is 3. The molecule has 0 atom stereocenters. The summed E-state index contributed by atoms with van der Waals surface area (Å²) in [6.07, 6.45) is 1.87. The summed E-state index contributed by atoms with van der Waals surface area (Å²) >= 11 is 0. The summed E-state index contributed by atoms with van der Waals surface area (Å²) in [5, 5.41) is 20.9. The molecule has 0 aliphatic carbocycles. The van der Waals surface area contributed by atoms with Crippen molar-refractivity contribution in [2.24, 2.45) is 0 Å². The van der Waals surface area contributed by atoms with Gasteiger partial charge in [-0.05, 0) is 31.0 Å². The van der Waals surface area contributed by atoms with Crippen LogP contribution in [0.15, 0.2) is 23.1 Å². The van der Waals surface area contributed by atoms with Crippen LogP contribution in [0.2, 0.25) is 0 Å². The zero-order valence-corrected chi connectivity index (χ0v) is 11.0. The van der Waals surface area contributed by atoms with Crippen LogP contribution in [0.4, 0.5) is 0 Å². The molecule has 7 nitrogen and oxygen atoms in total. The third-order valence-corrected chi connectivity index (χ3v) is 2.81. The minimum atomic E-state index is -0.705. The number of rotatable bonds is 4. The van der Waals surface area contributed by atoms with Crippen LogP contribution >= 0.6 is 0 Å². The van der Waals surface area contributed by atoms with Crippen LogP contribution in [0, 0.1) is 6.92 Å². The second-order valence-corrected chi connectivity index (χ2v) is 4.38. The summed E-state index contributed by atoms with van der Waals surface area (Å²) in [6.45, 7) is 1.98. The third kappa shape index (κ3) is 2.62. The van der Waals surface area contributed by atoms with E-state index >= 15 is 0 Å². The molecular weight excluding hydrogens is 262 g/mol. The van der Waals surface area contributed by atoms with Gasteiger partial charge in [0.25, 0.3) is 11.5 Å². The van der Waals surface area contributed by atoms with Gasteiger partial charge in [0.05, 0.1) is 0 Å². The van der Waals surface area contributed by atoms with E-state index in [2.05, 4.69) is 10.3 Å². The number of fused-ring (bicyclic) bond motifs is 1. The summed E-state index contributed by atoms with van der Waals surface area (Å²) in [5.74, 6) is -1.30. The van der Waals surface area contributed by atoms with Crippen molar-refractivity contribution in [2.75, 3.05) is 13.2 Å². The highest BCUT2D eigenvalue weighted by Gasteiger charge is 2.19. The zero-order valence-electron chi connectivity index (χ0n) is 11.0. The molecule has 2 aromatic heterocycles. The van der Waals surface area contributed by atoms with E-state index in [1.807, 2.05) is 6.92 Å². The molecular formula is C13H15N3O4. The maximum atomic E-state index is 12.2. The molecule has 1 amide bonds. The zero-order chi connectivity index (χ0) is 14.7. The van der Waals surface area contributed by atoms with Gasteiger partial charge < -0.3 is 15.5 Å². The van der Waals surface area contributed by atoms with E-state index in [1.54, 1.807) is 12.1 Å². The van der Waals surface area contributed by atoms with Crippen molar-refractivity contribution < 1.29 is 15.0 Å². The molecule has 0 bridgehead atoms. The average Bonchev–Trinajstić information content (AvgIpc) is 2.38. The lowest BCUT2D eigenvalue weighted by atomic mass is 10.2. The number of aromatic nitrogens is 2. The van der Waals surface area contributed by atoms with Crippen LogP contribution in [0.5, 0.6) is 5.88 Å². The molecule has 2 heterocycles. The maximum Gasteiger partial charge on any atom is 0.274 e. The molecule has 0 aromatic carbocycles. The highest BCUT2D eigenvalue weighted by molar-refractivity contribution is 5.96. The van der Waals surface area contributed by atoms with Gasteiger partial charge in [-0.3, -0.25) is 14.0 Å². The molecule has 2 aromatic rings. The molecule has 7 heteroatoms. The fourth-order valence-electron chi connectivity index (χ4n) is 1.80. The van der Waals surface area contributed by atoms with Gasteiger partial charge in [0.15, 0.2) is 5.56 Å². The number of nitrogens with zero attached hydrogens (tertiary/aromatic N) is 2. The highest BCUT2D eigenvalue weighted by atomic mass is 16.3.